The van der Waals surface area contributed by atoms with Crippen molar-refractivity contribution in [2.24, 2.45) is 0 Å². The number of aryl methyl sites for hydroxylation is 1. The number of hydrogen-bond acceptors (Lipinski definition) is 3. The van der Waals surface area contributed by atoms with Crippen LogP contribution < -0.4 is 20.6 Å². The SMILES string of the molecule is CCCCc1cc2c3c(c1)C1(C)CCCCC1(C)N3c1cc3c(oc4ccccc43)c3c1B2N(c1ccccc1-c1ccccc1)c1ccc2c(c1-3)C(C)(C)c1cc3c(cc1-2)C(C)(C)CCC3(C)C. The summed E-state index contributed by atoms with van der Waals surface area (Å²) in [5, 5.41) is 2.43. The molecular weight excluding hydrogens is 836 g/mol. The lowest BCUT2D eigenvalue weighted by molar-refractivity contribution is 0.195. The Hall–Kier alpha value is -6.00. The third-order valence-electron chi connectivity index (χ3n) is 19.4. The molecule has 0 radical (unpaired) electrons. The van der Waals surface area contributed by atoms with Crippen LogP contribution in [0.25, 0.3) is 55.3 Å². The fourth-order valence-corrected chi connectivity index (χ4v) is 15.4. The van der Waals surface area contributed by atoms with Crippen molar-refractivity contribution in [3.63, 3.8) is 0 Å². The van der Waals surface area contributed by atoms with Gasteiger partial charge in [0.1, 0.15) is 11.2 Å². The summed E-state index contributed by atoms with van der Waals surface area (Å²) in [6, 6.07) is 47.5. The van der Waals surface area contributed by atoms with Crippen molar-refractivity contribution in [2.75, 3.05) is 9.71 Å². The zero-order valence-corrected chi connectivity index (χ0v) is 42.3. The van der Waals surface area contributed by atoms with Gasteiger partial charge in [-0.3, -0.25) is 0 Å². The molecule has 7 aromatic carbocycles. The summed E-state index contributed by atoms with van der Waals surface area (Å²) >= 11 is 0. The lowest BCUT2D eigenvalue weighted by Gasteiger charge is -2.53. The third-order valence-corrected chi connectivity index (χ3v) is 19.4. The first-order valence-corrected chi connectivity index (χ1v) is 26.4. The van der Waals surface area contributed by atoms with Crippen LogP contribution in [0.1, 0.15) is 147 Å². The van der Waals surface area contributed by atoms with Gasteiger partial charge in [0.15, 0.2) is 0 Å². The summed E-state index contributed by atoms with van der Waals surface area (Å²) in [5.74, 6) is 0. The molecule has 2 unspecified atom stereocenters. The van der Waals surface area contributed by atoms with Crippen molar-refractivity contribution < 1.29 is 4.42 Å². The Morgan fingerprint density at radius 3 is 2.10 bits per heavy atom. The highest BCUT2D eigenvalue weighted by atomic mass is 16.3. The first kappa shape index (κ1) is 41.9. The molecule has 2 atom stereocenters. The first-order chi connectivity index (χ1) is 33.2. The lowest BCUT2D eigenvalue weighted by atomic mass is 9.42. The highest BCUT2D eigenvalue weighted by molar-refractivity contribution is 6.94. The molecule has 344 valence electrons. The van der Waals surface area contributed by atoms with Gasteiger partial charge in [-0.25, -0.2) is 0 Å². The maximum absolute atomic E-state index is 7.42. The quantitative estimate of drug-likeness (QED) is 0.161. The van der Waals surface area contributed by atoms with Crippen LogP contribution in [0.4, 0.5) is 22.7 Å². The molecular formula is C65H65BN2O. The van der Waals surface area contributed by atoms with Crippen LogP contribution in [0.2, 0.25) is 0 Å². The summed E-state index contributed by atoms with van der Waals surface area (Å²) in [6.07, 6.45) is 10.7. The second kappa shape index (κ2) is 13.9. The molecule has 3 aliphatic carbocycles. The van der Waals surface area contributed by atoms with E-state index in [0.29, 0.717) is 0 Å². The molecule has 1 saturated carbocycles. The van der Waals surface area contributed by atoms with E-state index in [4.69, 9.17) is 4.42 Å². The van der Waals surface area contributed by atoms with Gasteiger partial charge in [-0.15, -0.1) is 0 Å². The molecule has 8 aromatic rings. The Morgan fingerprint density at radius 2 is 1.30 bits per heavy atom. The van der Waals surface area contributed by atoms with Gasteiger partial charge in [-0.05, 0) is 148 Å². The second-order valence-electron chi connectivity index (χ2n) is 24.4. The molecule has 0 saturated heterocycles. The van der Waals surface area contributed by atoms with Gasteiger partial charge in [0.25, 0.3) is 0 Å². The van der Waals surface area contributed by atoms with E-state index in [-0.39, 0.29) is 34.0 Å². The summed E-state index contributed by atoms with van der Waals surface area (Å²) in [5.41, 5.74) is 26.9. The Morgan fingerprint density at radius 1 is 0.580 bits per heavy atom. The number of rotatable bonds is 5. The molecule has 4 heterocycles. The van der Waals surface area contributed by atoms with E-state index < -0.39 is 0 Å². The number of para-hydroxylation sites is 2. The van der Waals surface area contributed by atoms with Crippen LogP contribution in [-0.4, -0.2) is 12.4 Å². The fourth-order valence-electron chi connectivity index (χ4n) is 15.4. The summed E-state index contributed by atoms with van der Waals surface area (Å²) in [4.78, 5) is 5.74. The number of nitrogens with zero attached hydrogens (tertiary/aromatic N) is 2. The van der Waals surface area contributed by atoms with E-state index in [2.05, 4.69) is 193 Å². The summed E-state index contributed by atoms with van der Waals surface area (Å²) < 4.78 is 7.42. The number of anilines is 4. The molecule has 69 heavy (non-hydrogen) atoms. The van der Waals surface area contributed by atoms with Crippen molar-refractivity contribution in [1.29, 1.82) is 0 Å². The number of fused-ring (bicyclic) bond motifs is 16. The molecule has 1 aromatic heterocycles. The molecule has 0 N–H and O–H groups in total. The number of furan rings is 1. The molecule has 6 aliphatic rings. The van der Waals surface area contributed by atoms with E-state index in [1.807, 2.05) is 0 Å². The van der Waals surface area contributed by atoms with Gasteiger partial charge in [0.05, 0.1) is 5.54 Å². The van der Waals surface area contributed by atoms with E-state index in [1.165, 1.54) is 151 Å². The van der Waals surface area contributed by atoms with Gasteiger partial charge in [-0.1, -0.05) is 166 Å². The largest absolute Gasteiger partial charge is 0.455 e. The standard InChI is InChI=1S/C65H65BN2O/c1-10-11-21-39-34-49-59-50(35-39)66-58-53(67(59)65(9)31-20-19-30-64(49,65)8)37-45-42-25-16-18-27-54(42)69-60(45)56(58)55-52(68(66)51-26-17-15-24-41(51)40-22-13-12-14-23-40)29-28-43-44-36-47-48(38-46(44)63(6,7)57(43)55)62(4,5)33-32-61(47,2)3/h12-18,22-29,34-38H,10-11,19-21,30-33H2,1-9H3. The molecule has 3 nitrogen and oxygen atoms in total. The summed E-state index contributed by atoms with van der Waals surface area (Å²) in [6.45, 7) is 22.5. The third kappa shape index (κ3) is 5.26. The van der Waals surface area contributed by atoms with E-state index in [9.17, 15) is 0 Å². The minimum atomic E-state index is -0.296. The second-order valence-corrected chi connectivity index (χ2v) is 24.4. The maximum Gasteiger partial charge on any atom is 0.333 e. The van der Waals surface area contributed by atoms with Crippen molar-refractivity contribution in [3.8, 4) is 33.4 Å². The van der Waals surface area contributed by atoms with Crippen LogP contribution in [0.15, 0.2) is 126 Å². The Bertz CT molecular complexity index is 3540. The van der Waals surface area contributed by atoms with Gasteiger partial charge in [0, 0.05) is 61.0 Å². The van der Waals surface area contributed by atoms with Crippen LogP contribution in [-0.2, 0) is 28.1 Å². The zero-order chi connectivity index (χ0) is 47.1. The molecule has 1 fully saturated rings. The smallest absolute Gasteiger partial charge is 0.333 e. The van der Waals surface area contributed by atoms with Crippen molar-refractivity contribution in [1.82, 2.24) is 0 Å². The van der Waals surface area contributed by atoms with Crippen molar-refractivity contribution in [3.05, 3.63) is 155 Å². The number of unbranched alkanes of at least 4 members (excludes halogenated alkanes) is 1. The molecule has 0 spiro atoms. The predicted molar refractivity (Wildman–Crippen MR) is 292 cm³/mol. The molecule has 3 aliphatic heterocycles. The molecule has 0 bridgehead atoms. The topological polar surface area (TPSA) is 19.6 Å². The van der Waals surface area contributed by atoms with Gasteiger partial charge < -0.3 is 14.1 Å². The average Bonchev–Trinajstić information content (AvgIpc) is 3.91. The first-order valence-electron chi connectivity index (χ1n) is 26.4. The molecule has 0 amide bonds. The van der Waals surface area contributed by atoms with Crippen LogP contribution in [0.5, 0.6) is 0 Å². The fraction of sp³-hybridized carbons (Fsp3) is 0.354. The maximum atomic E-state index is 7.42. The lowest BCUT2D eigenvalue weighted by Crippen LogP contribution is -2.65. The highest BCUT2D eigenvalue weighted by Gasteiger charge is 2.62. The zero-order valence-electron chi connectivity index (χ0n) is 42.3. The summed E-state index contributed by atoms with van der Waals surface area (Å²) in [7, 11) is 0. The highest BCUT2D eigenvalue weighted by Crippen LogP contribution is 2.65. The predicted octanol–water partition coefficient (Wildman–Crippen LogP) is 16.2. The molecule has 4 heteroatoms. The average molecular weight is 901 g/mol. The van der Waals surface area contributed by atoms with Crippen molar-refractivity contribution >= 4 is 62.5 Å². The molecule has 14 rings (SSSR count). The van der Waals surface area contributed by atoms with Gasteiger partial charge in [0.2, 0.25) is 0 Å². The normalized spacial score (nSPS) is 22.5. The van der Waals surface area contributed by atoms with Crippen LogP contribution >= 0.6 is 0 Å². The van der Waals surface area contributed by atoms with Crippen LogP contribution in [0.3, 0.4) is 0 Å². The van der Waals surface area contributed by atoms with E-state index >= 15 is 0 Å². The van der Waals surface area contributed by atoms with Gasteiger partial charge in [-0.2, -0.15) is 0 Å². The van der Waals surface area contributed by atoms with Crippen LogP contribution in [0, 0.1) is 0 Å². The van der Waals surface area contributed by atoms with E-state index in [0.717, 1.165) is 24.0 Å². The Kier molecular flexibility index (Phi) is 8.43. The monoisotopic (exact) mass is 901 g/mol. The Labute approximate surface area is 410 Å². The van der Waals surface area contributed by atoms with E-state index in [1.54, 1.807) is 5.56 Å². The minimum Gasteiger partial charge on any atom is -0.455 e. The minimum absolute atomic E-state index is 0.00344. The Balaban J connectivity index is 1.17. The van der Waals surface area contributed by atoms with Crippen molar-refractivity contribution in [2.45, 2.75) is 147 Å². The number of hydrogen-bond donors (Lipinski definition) is 0. The van der Waals surface area contributed by atoms with Gasteiger partial charge >= 0.3 is 6.85 Å². The number of benzene rings is 7.